The van der Waals surface area contributed by atoms with Gasteiger partial charge in [-0.2, -0.15) is 0 Å². The molecule has 0 aliphatic rings. The Kier molecular flexibility index (Phi) is 4.67. The highest BCUT2D eigenvalue weighted by Gasteiger charge is 2.17. The van der Waals surface area contributed by atoms with E-state index in [1.807, 2.05) is 77.4 Å². The third-order valence-corrected chi connectivity index (χ3v) is 4.38. The molecule has 0 unspecified atom stereocenters. The summed E-state index contributed by atoms with van der Waals surface area (Å²) in [4.78, 5) is 2.13. The van der Waals surface area contributed by atoms with Gasteiger partial charge in [-0.25, -0.2) is 0 Å². The summed E-state index contributed by atoms with van der Waals surface area (Å²) in [5.41, 5.74) is 3.20. The van der Waals surface area contributed by atoms with Gasteiger partial charge in [0.25, 0.3) is 0 Å². The lowest BCUT2D eigenvalue weighted by Gasteiger charge is -2.24. The van der Waals surface area contributed by atoms with Crippen LogP contribution in [-0.4, -0.2) is 14.8 Å². The molecule has 0 aliphatic carbocycles. The van der Waals surface area contributed by atoms with E-state index in [1.54, 1.807) is 6.33 Å². The molecule has 0 saturated heterocycles. The highest BCUT2D eigenvalue weighted by Crippen LogP contribution is 2.28. The van der Waals surface area contributed by atoms with Gasteiger partial charge in [0.1, 0.15) is 6.33 Å². The molecule has 26 heavy (non-hydrogen) atoms. The van der Waals surface area contributed by atoms with E-state index >= 15 is 0 Å². The van der Waals surface area contributed by atoms with Crippen LogP contribution in [0.1, 0.15) is 5.56 Å². The number of anilines is 2. The Morgan fingerprint density at radius 3 is 2.15 bits per heavy atom. The van der Waals surface area contributed by atoms with Gasteiger partial charge < -0.3 is 4.90 Å². The first-order valence-corrected chi connectivity index (χ1v) is 8.71. The molecule has 4 aromatic rings. The van der Waals surface area contributed by atoms with Gasteiger partial charge in [0.15, 0.2) is 0 Å². The quantitative estimate of drug-likeness (QED) is 0.487. The Hall–Kier alpha value is -3.11. The number of hydrogen-bond donors (Lipinski definition) is 0. The molecular formula is C21H17ClN4. The summed E-state index contributed by atoms with van der Waals surface area (Å²) in [6, 6.07) is 28.1. The summed E-state index contributed by atoms with van der Waals surface area (Å²) >= 11 is 6.08. The number of benzene rings is 3. The second kappa shape index (κ2) is 7.42. The van der Waals surface area contributed by atoms with E-state index in [-0.39, 0.29) is 0 Å². The molecule has 0 atom stereocenters. The van der Waals surface area contributed by atoms with Crippen molar-refractivity contribution in [2.75, 3.05) is 4.90 Å². The summed E-state index contributed by atoms with van der Waals surface area (Å²) in [6.07, 6.45) is 1.73. The molecule has 4 nitrogen and oxygen atoms in total. The Morgan fingerprint density at radius 2 is 1.46 bits per heavy atom. The number of halogens is 1. The molecule has 0 radical (unpaired) electrons. The van der Waals surface area contributed by atoms with Crippen LogP contribution in [0.4, 0.5) is 11.6 Å². The van der Waals surface area contributed by atoms with Crippen LogP contribution in [0.15, 0.2) is 91.3 Å². The van der Waals surface area contributed by atoms with Crippen molar-refractivity contribution in [3.05, 3.63) is 102 Å². The Balaban J connectivity index is 1.79. The molecule has 0 saturated carbocycles. The zero-order valence-corrected chi connectivity index (χ0v) is 14.8. The highest BCUT2D eigenvalue weighted by atomic mass is 35.5. The first-order valence-electron chi connectivity index (χ1n) is 8.34. The van der Waals surface area contributed by atoms with Gasteiger partial charge in [-0.1, -0.05) is 60.1 Å². The number of aromatic nitrogens is 3. The van der Waals surface area contributed by atoms with Gasteiger partial charge in [0.2, 0.25) is 5.95 Å². The topological polar surface area (TPSA) is 34.0 Å². The number of hydrogen-bond acceptors (Lipinski definition) is 3. The van der Waals surface area contributed by atoms with E-state index in [0.29, 0.717) is 11.6 Å². The zero-order valence-electron chi connectivity index (χ0n) is 14.0. The number of rotatable bonds is 5. The van der Waals surface area contributed by atoms with E-state index in [0.717, 1.165) is 17.3 Å². The van der Waals surface area contributed by atoms with Crippen molar-refractivity contribution in [1.82, 2.24) is 14.8 Å². The van der Waals surface area contributed by atoms with Gasteiger partial charge in [-0.3, -0.25) is 4.57 Å². The second-order valence-electron chi connectivity index (χ2n) is 5.88. The molecule has 0 amide bonds. The SMILES string of the molecule is Clc1ccc(N(Cc2ccccc2)c2nncn2-c2ccccc2)cc1. The highest BCUT2D eigenvalue weighted by molar-refractivity contribution is 6.30. The lowest BCUT2D eigenvalue weighted by Crippen LogP contribution is -2.20. The van der Waals surface area contributed by atoms with Gasteiger partial charge >= 0.3 is 0 Å². The summed E-state index contributed by atoms with van der Waals surface area (Å²) in [6.45, 7) is 0.675. The fourth-order valence-electron chi connectivity index (χ4n) is 2.85. The minimum absolute atomic E-state index is 0.675. The third kappa shape index (κ3) is 3.46. The molecular weight excluding hydrogens is 344 g/mol. The molecule has 0 fully saturated rings. The minimum Gasteiger partial charge on any atom is -0.306 e. The van der Waals surface area contributed by atoms with Crippen LogP contribution >= 0.6 is 11.6 Å². The predicted octanol–water partition coefficient (Wildman–Crippen LogP) is 5.26. The van der Waals surface area contributed by atoms with E-state index in [2.05, 4.69) is 27.2 Å². The van der Waals surface area contributed by atoms with Crippen LogP contribution in [0, 0.1) is 0 Å². The Labute approximate surface area is 157 Å². The van der Waals surface area contributed by atoms with E-state index in [4.69, 9.17) is 11.6 Å². The second-order valence-corrected chi connectivity index (χ2v) is 6.32. The molecule has 1 aromatic heterocycles. The third-order valence-electron chi connectivity index (χ3n) is 4.13. The van der Waals surface area contributed by atoms with Gasteiger partial charge in [0.05, 0.1) is 12.2 Å². The summed E-state index contributed by atoms with van der Waals surface area (Å²) in [5, 5.41) is 9.25. The average molecular weight is 361 g/mol. The standard InChI is InChI=1S/C21H17ClN4/c22-18-11-13-20(14-12-18)25(15-17-7-3-1-4-8-17)21-24-23-16-26(21)19-9-5-2-6-10-19/h1-14,16H,15H2. The van der Waals surface area contributed by atoms with Crippen molar-refractivity contribution in [3.63, 3.8) is 0 Å². The number of nitrogens with zero attached hydrogens (tertiary/aromatic N) is 4. The normalized spacial score (nSPS) is 10.7. The van der Waals surface area contributed by atoms with Crippen molar-refractivity contribution >= 4 is 23.2 Å². The van der Waals surface area contributed by atoms with E-state index < -0.39 is 0 Å². The molecule has 0 spiro atoms. The molecule has 3 aromatic carbocycles. The van der Waals surface area contributed by atoms with Crippen LogP contribution < -0.4 is 4.90 Å². The maximum absolute atomic E-state index is 6.08. The van der Waals surface area contributed by atoms with Crippen molar-refractivity contribution in [1.29, 1.82) is 0 Å². The maximum Gasteiger partial charge on any atom is 0.236 e. The average Bonchev–Trinajstić information content (AvgIpc) is 3.18. The number of para-hydroxylation sites is 1. The van der Waals surface area contributed by atoms with E-state index in [9.17, 15) is 0 Å². The van der Waals surface area contributed by atoms with Crippen molar-refractivity contribution in [2.24, 2.45) is 0 Å². The molecule has 0 bridgehead atoms. The smallest absolute Gasteiger partial charge is 0.236 e. The van der Waals surface area contributed by atoms with Gasteiger partial charge in [-0.05, 0) is 42.0 Å². The lowest BCUT2D eigenvalue weighted by molar-refractivity contribution is 0.884. The van der Waals surface area contributed by atoms with Crippen molar-refractivity contribution in [3.8, 4) is 5.69 Å². The fourth-order valence-corrected chi connectivity index (χ4v) is 2.97. The first-order chi connectivity index (χ1) is 12.8. The molecule has 0 N–H and O–H groups in total. The van der Waals surface area contributed by atoms with Crippen LogP contribution in [-0.2, 0) is 6.54 Å². The van der Waals surface area contributed by atoms with Gasteiger partial charge in [-0.15, -0.1) is 10.2 Å². The van der Waals surface area contributed by atoms with E-state index in [1.165, 1.54) is 5.56 Å². The largest absolute Gasteiger partial charge is 0.306 e. The molecule has 0 aliphatic heterocycles. The first kappa shape index (κ1) is 16.4. The van der Waals surface area contributed by atoms with Crippen LogP contribution in [0.2, 0.25) is 5.02 Å². The predicted molar refractivity (Wildman–Crippen MR) is 105 cm³/mol. The van der Waals surface area contributed by atoms with Crippen LogP contribution in [0.5, 0.6) is 0 Å². The summed E-state index contributed by atoms with van der Waals surface area (Å²) < 4.78 is 1.98. The molecule has 4 rings (SSSR count). The van der Waals surface area contributed by atoms with Crippen LogP contribution in [0.25, 0.3) is 5.69 Å². The minimum atomic E-state index is 0.675. The zero-order chi connectivity index (χ0) is 17.8. The molecule has 1 heterocycles. The van der Waals surface area contributed by atoms with Crippen molar-refractivity contribution in [2.45, 2.75) is 6.54 Å². The fraction of sp³-hybridized carbons (Fsp3) is 0.0476. The Bertz CT molecular complexity index is 966. The molecule has 5 heteroatoms. The van der Waals surface area contributed by atoms with Crippen LogP contribution in [0.3, 0.4) is 0 Å². The summed E-state index contributed by atoms with van der Waals surface area (Å²) in [7, 11) is 0. The van der Waals surface area contributed by atoms with Crippen molar-refractivity contribution < 1.29 is 0 Å². The maximum atomic E-state index is 6.08. The lowest BCUT2D eigenvalue weighted by atomic mass is 10.2. The van der Waals surface area contributed by atoms with Gasteiger partial charge in [0, 0.05) is 10.7 Å². The monoisotopic (exact) mass is 360 g/mol. The Morgan fingerprint density at radius 1 is 0.808 bits per heavy atom. The molecule has 128 valence electrons. The summed E-state index contributed by atoms with van der Waals surface area (Å²) in [5.74, 6) is 0.752.